The van der Waals surface area contributed by atoms with Gasteiger partial charge in [-0.1, -0.05) is 10.2 Å². The van der Waals surface area contributed by atoms with Crippen molar-refractivity contribution in [2.45, 2.75) is 38.0 Å². The third-order valence-corrected chi connectivity index (χ3v) is 4.60. The third kappa shape index (κ3) is 4.32. The number of ether oxygens (including phenoxy) is 2. The fourth-order valence-electron chi connectivity index (χ4n) is 3.75. The average Bonchev–Trinajstić information content (AvgIpc) is 3.05. The molecule has 0 radical (unpaired) electrons. The number of morpholine rings is 1. The minimum atomic E-state index is -0.502. The van der Waals surface area contributed by atoms with E-state index in [2.05, 4.69) is 20.1 Å². The summed E-state index contributed by atoms with van der Waals surface area (Å²) in [7, 11) is 0. The highest BCUT2D eigenvalue weighted by Crippen LogP contribution is 2.35. The molecule has 2 heterocycles. The van der Waals surface area contributed by atoms with Crippen LogP contribution in [0.4, 0.5) is 5.69 Å². The zero-order chi connectivity index (χ0) is 19.5. The molecule has 2 aliphatic rings. The largest absolute Gasteiger partial charge is 0.378 e. The first-order valence-corrected chi connectivity index (χ1v) is 8.64. The number of carbonyl (C=O) groups is 1. The van der Waals surface area contributed by atoms with Gasteiger partial charge in [-0.3, -0.25) is 4.79 Å². The Morgan fingerprint density at radius 1 is 1.26 bits per heavy atom. The van der Waals surface area contributed by atoms with Crippen LogP contribution in [0.5, 0.6) is 0 Å². The quantitative estimate of drug-likeness (QED) is 0.451. The van der Waals surface area contributed by atoms with Crippen molar-refractivity contribution in [3.63, 3.8) is 0 Å². The van der Waals surface area contributed by atoms with Crippen LogP contribution in [0.25, 0.3) is 20.9 Å². The molecule has 2 aliphatic heterocycles. The monoisotopic (exact) mass is 371 g/mol. The van der Waals surface area contributed by atoms with Crippen molar-refractivity contribution in [3.05, 3.63) is 50.2 Å². The van der Waals surface area contributed by atoms with Crippen LogP contribution in [0.3, 0.4) is 0 Å². The smallest absolute Gasteiger partial charge is 0.254 e. The van der Waals surface area contributed by atoms with Gasteiger partial charge in [-0.05, 0) is 48.7 Å². The van der Waals surface area contributed by atoms with Gasteiger partial charge in [0.25, 0.3) is 5.91 Å². The fraction of sp³-hybridized carbons (Fsp3) is 0.588. The van der Waals surface area contributed by atoms with E-state index in [1.807, 2.05) is 13.8 Å². The van der Waals surface area contributed by atoms with Crippen LogP contribution in [0.1, 0.15) is 36.2 Å². The predicted octanol–water partition coefficient (Wildman–Crippen LogP) is 3.85. The lowest BCUT2D eigenvalue weighted by molar-refractivity contribution is -0.186. The molecule has 1 unspecified atom stereocenters. The van der Waals surface area contributed by atoms with Gasteiger partial charge >= 0.3 is 0 Å². The molecule has 0 N–H and O–H groups in total. The van der Waals surface area contributed by atoms with Gasteiger partial charge in [0.2, 0.25) is 0 Å². The molecule has 10 heteroatoms. The fourth-order valence-corrected chi connectivity index (χ4v) is 3.75. The lowest BCUT2D eigenvalue weighted by atomic mass is 9.94. The first-order chi connectivity index (χ1) is 12.9. The number of hydrogen-bond acceptors (Lipinski definition) is 5. The highest BCUT2D eigenvalue weighted by atomic mass is 16.6. The molecule has 0 bridgehead atoms. The molecule has 142 valence electrons. The Kier molecular flexibility index (Phi) is 5.25. The molecule has 2 fully saturated rings. The first-order valence-electron chi connectivity index (χ1n) is 8.64. The van der Waals surface area contributed by atoms with Crippen LogP contribution >= 0.6 is 0 Å². The van der Waals surface area contributed by atoms with Crippen molar-refractivity contribution < 1.29 is 14.3 Å². The third-order valence-electron chi connectivity index (χ3n) is 4.60. The molecule has 0 aliphatic carbocycles. The van der Waals surface area contributed by atoms with E-state index < -0.39 is 11.2 Å². The summed E-state index contributed by atoms with van der Waals surface area (Å²) in [4.78, 5) is 20.5. The summed E-state index contributed by atoms with van der Waals surface area (Å²) in [5.41, 5.74) is 17.6. The summed E-state index contributed by atoms with van der Waals surface area (Å²) in [6.45, 7) is 5.92. The number of amides is 1. The maximum absolute atomic E-state index is 13.2. The standard InChI is InChI=1S/C17H21N7O3/c1-16(2)9-24(10-17(27-16)3-4-26-11-17)15(25)13-5-12(8-20-22-18)6-14(7-13)21-23-19/h5-7H,3-4,8-11H2,1-2H3. The van der Waals surface area contributed by atoms with Crippen LogP contribution in [-0.2, 0) is 16.0 Å². The summed E-state index contributed by atoms with van der Waals surface area (Å²) >= 11 is 0. The summed E-state index contributed by atoms with van der Waals surface area (Å²) in [5, 5.41) is 7.12. The summed E-state index contributed by atoms with van der Waals surface area (Å²) in [5.74, 6) is -0.185. The average molecular weight is 371 g/mol. The van der Waals surface area contributed by atoms with Gasteiger partial charge in [0.05, 0.1) is 25.3 Å². The van der Waals surface area contributed by atoms with Crippen molar-refractivity contribution in [3.8, 4) is 0 Å². The van der Waals surface area contributed by atoms with Crippen molar-refractivity contribution in [1.82, 2.24) is 4.90 Å². The predicted molar refractivity (Wildman–Crippen MR) is 97.3 cm³/mol. The lowest BCUT2D eigenvalue weighted by Gasteiger charge is -2.48. The molecule has 1 spiro atoms. The second-order valence-corrected chi connectivity index (χ2v) is 7.48. The Labute approximate surface area is 156 Å². The van der Waals surface area contributed by atoms with E-state index in [1.54, 1.807) is 23.1 Å². The molecule has 2 saturated heterocycles. The van der Waals surface area contributed by atoms with Crippen LogP contribution in [0.2, 0.25) is 0 Å². The van der Waals surface area contributed by atoms with E-state index in [4.69, 9.17) is 20.5 Å². The maximum Gasteiger partial charge on any atom is 0.254 e. The molecule has 1 aromatic carbocycles. The van der Waals surface area contributed by atoms with Gasteiger partial charge in [-0.2, -0.15) is 0 Å². The second-order valence-electron chi connectivity index (χ2n) is 7.48. The highest BCUT2D eigenvalue weighted by molar-refractivity contribution is 5.95. The lowest BCUT2D eigenvalue weighted by Crippen LogP contribution is -2.61. The van der Waals surface area contributed by atoms with E-state index in [1.165, 1.54) is 0 Å². The highest BCUT2D eigenvalue weighted by Gasteiger charge is 2.48. The van der Waals surface area contributed by atoms with Crippen molar-refractivity contribution in [2.75, 3.05) is 26.3 Å². The minimum Gasteiger partial charge on any atom is -0.378 e. The normalized spacial score (nSPS) is 23.6. The van der Waals surface area contributed by atoms with Crippen LogP contribution in [0, 0.1) is 0 Å². The van der Waals surface area contributed by atoms with Gasteiger partial charge in [0, 0.05) is 40.6 Å². The van der Waals surface area contributed by atoms with E-state index in [-0.39, 0.29) is 12.5 Å². The van der Waals surface area contributed by atoms with Gasteiger partial charge in [0.1, 0.15) is 5.60 Å². The molecule has 0 saturated carbocycles. The number of carbonyl (C=O) groups excluding carboxylic acids is 1. The zero-order valence-corrected chi connectivity index (χ0v) is 15.3. The molecular formula is C17H21N7O3. The topological polar surface area (TPSA) is 136 Å². The molecule has 1 amide bonds. The zero-order valence-electron chi connectivity index (χ0n) is 15.3. The van der Waals surface area contributed by atoms with Gasteiger partial charge in [0.15, 0.2) is 0 Å². The minimum absolute atomic E-state index is 0.0674. The Morgan fingerprint density at radius 3 is 2.74 bits per heavy atom. The summed E-state index contributed by atoms with van der Waals surface area (Å²) < 4.78 is 11.8. The Bertz CT molecular complexity index is 835. The van der Waals surface area contributed by atoms with Gasteiger partial charge < -0.3 is 14.4 Å². The summed E-state index contributed by atoms with van der Waals surface area (Å²) in [6, 6.07) is 4.80. The van der Waals surface area contributed by atoms with Gasteiger partial charge in [-0.25, -0.2) is 0 Å². The molecule has 1 atom stereocenters. The van der Waals surface area contributed by atoms with Crippen molar-refractivity contribution in [2.24, 2.45) is 10.2 Å². The Balaban J connectivity index is 1.92. The molecule has 0 aromatic heterocycles. The Hall–Kier alpha value is -2.77. The summed E-state index contributed by atoms with van der Waals surface area (Å²) in [6.07, 6.45) is 0.737. The number of azide groups is 2. The SMILES string of the molecule is CC1(C)CN(C(=O)c2cc(CN=[N+]=[N-])cc(N=[N+]=[N-])c2)CC2(CCOC2)O1. The maximum atomic E-state index is 13.2. The van der Waals surface area contributed by atoms with Crippen LogP contribution < -0.4 is 0 Å². The van der Waals surface area contributed by atoms with E-state index in [0.717, 1.165) is 6.42 Å². The molecular weight excluding hydrogens is 350 g/mol. The molecule has 1 aromatic rings. The van der Waals surface area contributed by atoms with E-state index in [9.17, 15) is 4.79 Å². The molecule has 27 heavy (non-hydrogen) atoms. The number of hydrogen-bond donors (Lipinski definition) is 0. The number of rotatable bonds is 4. The number of benzene rings is 1. The molecule has 10 nitrogen and oxygen atoms in total. The molecule has 3 rings (SSSR count). The van der Waals surface area contributed by atoms with Crippen LogP contribution in [0.15, 0.2) is 28.4 Å². The number of nitrogens with zero attached hydrogens (tertiary/aromatic N) is 7. The van der Waals surface area contributed by atoms with Crippen LogP contribution in [-0.4, -0.2) is 48.3 Å². The van der Waals surface area contributed by atoms with E-state index in [0.29, 0.717) is 43.1 Å². The first kappa shape index (κ1) is 19.0. The van der Waals surface area contributed by atoms with Gasteiger partial charge in [-0.15, -0.1) is 0 Å². The Morgan fingerprint density at radius 2 is 2.07 bits per heavy atom. The van der Waals surface area contributed by atoms with E-state index >= 15 is 0 Å². The second kappa shape index (κ2) is 7.46. The van der Waals surface area contributed by atoms with Crippen molar-refractivity contribution in [1.29, 1.82) is 0 Å². The van der Waals surface area contributed by atoms with Crippen molar-refractivity contribution >= 4 is 11.6 Å².